The molecule has 2 aliphatic rings. The van der Waals surface area contributed by atoms with E-state index in [1.165, 1.54) is 0 Å². The summed E-state index contributed by atoms with van der Waals surface area (Å²) in [6, 6.07) is 5.34. The maximum atomic E-state index is 12.2. The van der Waals surface area contributed by atoms with Crippen molar-refractivity contribution >= 4 is 11.6 Å². The highest BCUT2D eigenvalue weighted by molar-refractivity contribution is 5.91. The van der Waals surface area contributed by atoms with Crippen LogP contribution in [0.1, 0.15) is 19.3 Å². The lowest BCUT2D eigenvalue weighted by atomic mass is 10.0. The number of nitrogens with one attached hydrogen (secondary N) is 1. The van der Waals surface area contributed by atoms with Crippen LogP contribution in [0, 0.1) is 0 Å². The molecule has 0 aromatic heterocycles. The van der Waals surface area contributed by atoms with Crippen LogP contribution in [0.4, 0.5) is 5.69 Å². The first kappa shape index (κ1) is 18.0. The summed E-state index contributed by atoms with van der Waals surface area (Å²) in [7, 11) is 3.16. The summed E-state index contributed by atoms with van der Waals surface area (Å²) in [5.41, 5.74) is 0.702. The molecule has 1 spiro atoms. The van der Waals surface area contributed by atoms with Crippen molar-refractivity contribution in [1.82, 2.24) is 4.90 Å². The molecule has 7 heteroatoms. The molecule has 0 aliphatic carbocycles. The number of anilines is 1. The zero-order valence-electron chi connectivity index (χ0n) is 14.9. The molecule has 1 amide bonds. The minimum absolute atomic E-state index is 0.0131. The number of ether oxygens (including phenoxy) is 4. The molecular formula is C18H26N2O5. The number of benzene rings is 1. The van der Waals surface area contributed by atoms with E-state index in [-0.39, 0.29) is 11.7 Å². The highest BCUT2D eigenvalue weighted by Gasteiger charge is 2.39. The summed E-state index contributed by atoms with van der Waals surface area (Å²) < 4.78 is 21.9. The average Bonchev–Trinajstić information content (AvgIpc) is 3.09. The Bertz CT molecular complexity index is 591. The normalized spacial score (nSPS) is 19.8. The maximum Gasteiger partial charge on any atom is 0.225 e. The molecule has 2 saturated heterocycles. The molecule has 1 N–H and O–H groups in total. The van der Waals surface area contributed by atoms with Crippen molar-refractivity contribution in [2.75, 3.05) is 52.4 Å². The first-order valence-electron chi connectivity index (χ1n) is 8.66. The lowest BCUT2D eigenvalue weighted by Crippen LogP contribution is -2.45. The van der Waals surface area contributed by atoms with Crippen LogP contribution in [-0.4, -0.2) is 63.7 Å². The molecule has 0 saturated carbocycles. The fraction of sp³-hybridized carbons (Fsp3) is 0.611. The minimum Gasteiger partial charge on any atom is -0.493 e. The second kappa shape index (κ2) is 8.03. The molecule has 1 aromatic carbocycles. The molecule has 2 fully saturated rings. The highest BCUT2D eigenvalue weighted by Crippen LogP contribution is 2.31. The predicted octanol–water partition coefficient (Wildman–Crippen LogP) is 1.87. The van der Waals surface area contributed by atoms with E-state index in [2.05, 4.69) is 10.2 Å². The molecule has 0 bridgehead atoms. The Kier molecular flexibility index (Phi) is 5.78. The third-order valence-electron chi connectivity index (χ3n) is 4.75. The van der Waals surface area contributed by atoms with E-state index in [0.29, 0.717) is 36.8 Å². The summed E-state index contributed by atoms with van der Waals surface area (Å²) in [4.78, 5) is 14.5. The molecule has 25 heavy (non-hydrogen) atoms. The summed E-state index contributed by atoms with van der Waals surface area (Å²) >= 11 is 0. The standard InChI is InChI=1S/C18H26N2O5/c1-22-15-4-3-14(13-16(15)23-2)19-17(21)5-8-20-9-6-18(7-10-20)24-11-12-25-18/h3-4,13H,5-12H2,1-2H3,(H,19,21). The van der Waals surface area contributed by atoms with Gasteiger partial charge in [-0.3, -0.25) is 4.79 Å². The summed E-state index contributed by atoms with van der Waals surface area (Å²) in [5, 5.41) is 2.91. The number of methoxy groups -OCH3 is 2. The molecule has 0 radical (unpaired) electrons. The number of carbonyl (C=O) groups excluding carboxylic acids is 1. The zero-order chi connectivity index (χ0) is 17.7. The fourth-order valence-corrected chi connectivity index (χ4v) is 3.30. The molecule has 0 atom stereocenters. The average molecular weight is 350 g/mol. The SMILES string of the molecule is COc1ccc(NC(=O)CCN2CCC3(CC2)OCCO3)cc1OC. The van der Waals surface area contributed by atoms with Crippen molar-refractivity contribution in [1.29, 1.82) is 0 Å². The smallest absolute Gasteiger partial charge is 0.225 e. The fourth-order valence-electron chi connectivity index (χ4n) is 3.30. The van der Waals surface area contributed by atoms with Gasteiger partial charge in [0, 0.05) is 50.7 Å². The third-order valence-corrected chi connectivity index (χ3v) is 4.75. The van der Waals surface area contributed by atoms with E-state index in [9.17, 15) is 4.79 Å². The van der Waals surface area contributed by atoms with E-state index in [1.54, 1.807) is 32.4 Å². The molecule has 3 rings (SSSR count). The minimum atomic E-state index is -0.363. The van der Waals surface area contributed by atoms with E-state index in [1.807, 2.05) is 0 Å². The van der Waals surface area contributed by atoms with Gasteiger partial charge in [-0.2, -0.15) is 0 Å². The van der Waals surface area contributed by atoms with Gasteiger partial charge in [0.05, 0.1) is 27.4 Å². The van der Waals surface area contributed by atoms with Crippen LogP contribution in [0.2, 0.25) is 0 Å². The van der Waals surface area contributed by atoms with Gasteiger partial charge in [0.1, 0.15) is 0 Å². The Morgan fingerprint density at radius 3 is 2.48 bits per heavy atom. The molecular weight excluding hydrogens is 324 g/mol. The number of nitrogens with zero attached hydrogens (tertiary/aromatic N) is 1. The van der Waals surface area contributed by atoms with Gasteiger partial charge in [-0.05, 0) is 12.1 Å². The first-order valence-corrected chi connectivity index (χ1v) is 8.66. The summed E-state index contributed by atoms with van der Waals surface area (Å²) in [6.07, 6.45) is 2.18. The van der Waals surface area contributed by atoms with Crippen molar-refractivity contribution in [3.63, 3.8) is 0 Å². The van der Waals surface area contributed by atoms with Crippen LogP contribution >= 0.6 is 0 Å². The Balaban J connectivity index is 1.44. The van der Waals surface area contributed by atoms with Crippen LogP contribution in [0.15, 0.2) is 18.2 Å². The van der Waals surface area contributed by atoms with Crippen molar-refractivity contribution in [3.8, 4) is 11.5 Å². The van der Waals surface area contributed by atoms with Crippen LogP contribution < -0.4 is 14.8 Å². The van der Waals surface area contributed by atoms with Crippen LogP contribution in [-0.2, 0) is 14.3 Å². The maximum absolute atomic E-state index is 12.2. The van der Waals surface area contributed by atoms with E-state index >= 15 is 0 Å². The van der Waals surface area contributed by atoms with Gasteiger partial charge in [-0.1, -0.05) is 0 Å². The third kappa shape index (κ3) is 4.42. The van der Waals surface area contributed by atoms with Crippen LogP contribution in [0.5, 0.6) is 11.5 Å². The number of piperidine rings is 1. The first-order chi connectivity index (χ1) is 12.1. The number of rotatable bonds is 6. The molecule has 1 aromatic rings. The van der Waals surface area contributed by atoms with Crippen molar-refractivity contribution in [3.05, 3.63) is 18.2 Å². The van der Waals surface area contributed by atoms with Crippen molar-refractivity contribution in [2.45, 2.75) is 25.0 Å². The summed E-state index contributed by atoms with van der Waals surface area (Å²) in [5.74, 6) is 0.858. The van der Waals surface area contributed by atoms with Gasteiger partial charge in [-0.25, -0.2) is 0 Å². The van der Waals surface area contributed by atoms with Gasteiger partial charge in [0.2, 0.25) is 5.91 Å². The van der Waals surface area contributed by atoms with Gasteiger partial charge < -0.3 is 29.2 Å². The molecule has 0 unspecified atom stereocenters. The van der Waals surface area contributed by atoms with E-state index in [0.717, 1.165) is 32.5 Å². The lowest BCUT2D eigenvalue weighted by Gasteiger charge is -2.37. The van der Waals surface area contributed by atoms with Crippen molar-refractivity contribution in [2.24, 2.45) is 0 Å². The number of amides is 1. The van der Waals surface area contributed by atoms with E-state index in [4.69, 9.17) is 18.9 Å². The van der Waals surface area contributed by atoms with Crippen molar-refractivity contribution < 1.29 is 23.7 Å². The monoisotopic (exact) mass is 350 g/mol. The topological polar surface area (TPSA) is 69.3 Å². The Morgan fingerprint density at radius 2 is 1.84 bits per heavy atom. The molecule has 7 nitrogen and oxygen atoms in total. The molecule has 2 heterocycles. The summed E-state index contributed by atoms with van der Waals surface area (Å²) in [6.45, 7) is 3.89. The highest BCUT2D eigenvalue weighted by atomic mass is 16.7. The zero-order valence-corrected chi connectivity index (χ0v) is 14.9. The van der Waals surface area contributed by atoms with Gasteiger partial charge in [0.25, 0.3) is 0 Å². The number of carbonyl (C=O) groups is 1. The van der Waals surface area contributed by atoms with Crippen LogP contribution in [0.3, 0.4) is 0 Å². The Hall–Kier alpha value is -1.83. The van der Waals surface area contributed by atoms with Gasteiger partial charge in [0.15, 0.2) is 17.3 Å². The Labute approximate surface area is 148 Å². The number of likely N-dealkylation sites (tertiary alicyclic amines) is 1. The number of hydrogen-bond donors (Lipinski definition) is 1. The Morgan fingerprint density at radius 1 is 1.16 bits per heavy atom. The lowest BCUT2D eigenvalue weighted by molar-refractivity contribution is -0.185. The number of hydrogen-bond acceptors (Lipinski definition) is 6. The van der Waals surface area contributed by atoms with E-state index < -0.39 is 0 Å². The molecule has 138 valence electrons. The predicted molar refractivity (Wildman–Crippen MR) is 93.1 cm³/mol. The van der Waals surface area contributed by atoms with Gasteiger partial charge in [-0.15, -0.1) is 0 Å². The largest absolute Gasteiger partial charge is 0.493 e. The van der Waals surface area contributed by atoms with Gasteiger partial charge >= 0.3 is 0 Å². The second-order valence-electron chi connectivity index (χ2n) is 6.32. The second-order valence-corrected chi connectivity index (χ2v) is 6.32. The quantitative estimate of drug-likeness (QED) is 0.845. The molecule has 2 aliphatic heterocycles. The van der Waals surface area contributed by atoms with Crippen LogP contribution in [0.25, 0.3) is 0 Å².